The van der Waals surface area contributed by atoms with Crippen LogP contribution in [0.4, 0.5) is 14.5 Å². The van der Waals surface area contributed by atoms with Crippen LogP contribution in [0, 0.1) is 0 Å². The molecule has 0 aliphatic heterocycles. The van der Waals surface area contributed by atoms with Crippen molar-refractivity contribution >= 4 is 27.0 Å². The third-order valence-electron chi connectivity index (χ3n) is 1.63. The Morgan fingerprint density at radius 3 is 2.62 bits per heavy atom. The van der Waals surface area contributed by atoms with Crippen LogP contribution in [0.1, 0.15) is 0 Å². The van der Waals surface area contributed by atoms with Crippen LogP contribution in [-0.4, -0.2) is 32.6 Å². The number of hydrogen-bond donors (Lipinski definition) is 3. The third kappa shape index (κ3) is 3.37. The van der Waals surface area contributed by atoms with Crippen molar-refractivity contribution < 1.29 is 22.3 Å². The van der Waals surface area contributed by atoms with E-state index >= 15 is 0 Å². The Kier molecular flexibility index (Phi) is 4.19. The maximum Gasteiger partial charge on any atom is 0.265 e. The van der Waals surface area contributed by atoms with Gasteiger partial charge in [0.05, 0.1) is 0 Å². The molecule has 0 fully saturated rings. The molecule has 16 heavy (non-hydrogen) atoms. The van der Waals surface area contributed by atoms with E-state index in [1.54, 1.807) is 0 Å². The number of sulfonamides is 1. The summed E-state index contributed by atoms with van der Waals surface area (Å²) < 4.78 is 48.5. The number of thiophene rings is 1. The number of nitrogen functional groups attached to an aromatic ring is 1. The summed E-state index contributed by atoms with van der Waals surface area (Å²) in [6.07, 6.45) is -5.01. The zero-order valence-electron chi connectivity index (χ0n) is 7.93. The highest BCUT2D eigenvalue weighted by molar-refractivity contribution is 7.91. The van der Waals surface area contributed by atoms with Gasteiger partial charge in [-0.3, -0.25) is 0 Å². The number of aliphatic hydroxyl groups excluding tert-OH is 1. The predicted octanol–water partition coefficient (Wildman–Crippen LogP) is 0.235. The molecule has 1 rings (SSSR count). The Morgan fingerprint density at radius 2 is 2.19 bits per heavy atom. The summed E-state index contributed by atoms with van der Waals surface area (Å²) in [5.74, 6) is 0. The van der Waals surface area contributed by atoms with E-state index in [4.69, 9.17) is 10.8 Å². The van der Waals surface area contributed by atoms with E-state index in [1.807, 2.05) is 4.72 Å². The third-order valence-corrected chi connectivity index (χ3v) is 4.52. The number of rotatable bonds is 5. The SMILES string of the molecule is Nc1csc(S(=O)(=O)NCC(O)C(F)F)c1. The lowest BCUT2D eigenvalue weighted by Crippen LogP contribution is -2.35. The largest absolute Gasteiger partial charge is 0.398 e. The van der Waals surface area contributed by atoms with Gasteiger partial charge < -0.3 is 10.8 Å². The number of nitrogens with one attached hydrogen (secondary N) is 1. The molecular formula is C7H10F2N2O3S2. The highest BCUT2D eigenvalue weighted by Crippen LogP contribution is 2.21. The van der Waals surface area contributed by atoms with Crippen molar-refractivity contribution in [1.29, 1.82) is 0 Å². The molecule has 1 atom stereocenters. The molecule has 92 valence electrons. The highest BCUT2D eigenvalue weighted by atomic mass is 32.2. The fourth-order valence-corrected chi connectivity index (χ4v) is 3.00. The molecule has 0 aromatic carbocycles. The molecule has 0 amide bonds. The fourth-order valence-electron chi connectivity index (χ4n) is 0.826. The van der Waals surface area contributed by atoms with Crippen molar-refractivity contribution in [3.05, 3.63) is 11.4 Å². The minimum Gasteiger partial charge on any atom is -0.398 e. The van der Waals surface area contributed by atoms with E-state index in [2.05, 4.69) is 0 Å². The van der Waals surface area contributed by atoms with Gasteiger partial charge in [-0.15, -0.1) is 11.3 Å². The zero-order valence-corrected chi connectivity index (χ0v) is 9.56. The van der Waals surface area contributed by atoms with Gasteiger partial charge in [0.1, 0.15) is 10.3 Å². The summed E-state index contributed by atoms with van der Waals surface area (Å²) in [6.45, 7) is -0.738. The van der Waals surface area contributed by atoms with Crippen molar-refractivity contribution in [3.8, 4) is 0 Å². The van der Waals surface area contributed by atoms with Crippen molar-refractivity contribution in [2.45, 2.75) is 16.7 Å². The number of anilines is 1. The van der Waals surface area contributed by atoms with Gasteiger partial charge in [0.2, 0.25) is 10.0 Å². The first-order valence-electron chi connectivity index (χ1n) is 4.13. The standard InChI is InChI=1S/C7H10F2N2O3S2/c8-7(9)5(12)2-11-16(13,14)6-1-4(10)3-15-6/h1,3,5,7,11-12H,2,10H2. The molecule has 5 nitrogen and oxygen atoms in total. The van der Waals surface area contributed by atoms with Crippen LogP contribution < -0.4 is 10.5 Å². The van der Waals surface area contributed by atoms with Crippen molar-refractivity contribution in [2.75, 3.05) is 12.3 Å². The molecule has 1 heterocycles. The Hall–Kier alpha value is -0.770. The smallest absolute Gasteiger partial charge is 0.265 e. The van der Waals surface area contributed by atoms with Gasteiger partial charge in [-0.1, -0.05) is 0 Å². The summed E-state index contributed by atoms with van der Waals surface area (Å²) in [6, 6.07) is 1.21. The summed E-state index contributed by atoms with van der Waals surface area (Å²) in [4.78, 5) is 0. The van der Waals surface area contributed by atoms with Gasteiger partial charge >= 0.3 is 0 Å². The molecular weight excluding hydrogens is 262 g/mol. The van der Waals surface area contributed by atoms with E-state index < -0.39 is 29.1 Å². The lowest BCUT2D eigenvalue weighted by Gasteiger charge is -2.09. The number of hydrogen-bond acceptors (Lipinski definition) is 5. The van der Waals surface area contributed by atoms with Crippen molar-refractivity contribution in [3.63, 3.8) is 0 Å². The van der Waals surface area contributed by atoms with Crippen molar-refractivity contribution in [2.24, 2.45) is 0 Å². The lowest BCUT2D eigenvalue weighted by molar-refractivity contribution is -0.000445. The quantitative estimate of drug-likeness (QED) is 0.715. The number of nitrogens with two attached hydrogens (primary N) is 1. The first-order chi connectivity index (χ1) is 7.33. The monoisotopic (exact) mass is 272 g/mol. The van der Waals surface area contributed by atoms with Gasteiger partial charge in [0.15, 0.2) is 0 Å². The fraction of sp³-hybridized carbons (Fsp3) is 0.429. The predicted molar refractivity (Wildman–Crippen MR) is 55.9 cm³/mol. The van der Waals surface area contributed by atoms with Crippen LogP contribution in [0.15, 0.2) is 15.7 Å². The Labute approximate surface area is 94.9 Å². The zero-order chi connectivity index (χ0) is 12.3. The second-order valence-electron chi connectivity index (χ2n) is 2.95. The number of alkyl halides is 2. The van der Waals surface area contributed by atoms with E-state index in [-0.39, 0.29) is 9.90 Å². The highest BCUT2D eigenvalue weighted by Gasteiger charge is 2.22. The Balaban J connectivity index is 2.67. The van der Waals surface area contributed by atoms with Crippen LogP contribution >= 0.6 is 11.3 Å². The van der Waals surface area contributed by atoms with Gasteiger partial charge in [0.25, 0.3) is 6.43 Å². The number of aliphatic hydroxyl groups is 1. The van der Waals surface area contributed by atoms with E-state index in [1.165, 1.54) is 11.4 Å². The molecule has 0 spiro atoms. The lowest BCUT2D eigenvalue weighted by atomic mass is 10.4. The average molecular weight is 272 g/mol. The number of halogens is 2. The summed E-state index contributed by atoms with van der Waals surface area (Å²) >= 11 is 0.872. The van der Waals surface area contributed by atoms with Crippen LogP contribution in [0.5, 0.6) is 0 Å². The second kappa shape index (κ2) is 5.04. The van der Waals surface area contributed by atoms with Gasteiger partial charge in [-0.2, -0.15) is 0 Å². The molecule has 0 bridgehead atoms. The van der Waals surface area contributed by atoms with Gasteiger partial charge in [-0.25, -0.2) is 21.9 Å². The minimum absolute atomic E-state index is 0.0773. The molecule has 9 heteroatoms. The molecule has 1 aromatic rings. The summed E-state index contributed by atoms with van der Waals surface area (Å²) in [7, 11) is -3.87. The first kappa shape index (κ1) is 13.3. The second-order valence-corrected chi connectivity index (χ2v) is 5.86. The summed E-state index contributed by atoms with van der Waals surface area (Å²) in [5.41, 5.74) is 5.61. The van der Waals surface area contributed by atoms with Gasteiger partial charge in [0, 0.05) is 17.6 Å². The van der Waals surface area contributed by atoms with Crippen LogP contribution in [0.3, 0.4) is 0 Å². The van der Waals surface area contributed by atoms with Crippen LogP contribution in [0.2, 0.25) is 0 Å². The maximum absolute atomic E-state index is 11.9. The molecule has 0 radical (unpaired) electrons. The van der Waals surface area contributed by atoms with E-state index in [0.29, 0.717) is 0 Å². The minimum atomic E-state index is -3.87. The molecule has 0 aliphatic carbocycles. The Bertz CT molecular complexity index is 446. The van der Waals surface area contributed by atoms with Crippen molar-refractivity contribution in [1.82, 2.24) is 4.72 Å². The average Bonchev–Trinajstić information content (AvgIpc) is 2.61. The van der Waals surface area contributed by atoms with Crippen LogP contribution in [0.25, 0.3) is 0 Å². The first-order valence-corrected chi connectivity index (χ1v) is 6.49. The molecule has 0 saturated heterocycles. The van der Waals surface area contributed by atoms with E-state index in [9.17, 15) is 17.2 Å². The molecule has 4 N–H and O–H groups in total. The maximum atomic E-state index is 11.9. The van der Waals surface area contributed by atoms with Crippen LogP contribution in [-0.2, 0) is 10.0 Å². The normalized spacial score (nSPS) is 14.2. The van der Waals surface area contributed by atoms with E-state index in [0.717, 1.165) is 11.3 Å². The Morgan fingerprint density at radius 1 is 1.56 bits per heavy atom. The summed E-state index contributed by atoms with van der Waals surface area (Å²) in [5, 5.41) is 10.2. The van der Waals surface area contributed by atoms with Gasteiger partial charge in [-0.05, 0) is 6.07 Å². The molecule has 1 aromatic heterocycles. The topological polar surface area (TPSA) is 92.4 Å². The molecule has 0 saturated carbocycles. The molecule has 0 aliphatic rings. The molecule has 1 unspecified atom stereocenters.